The van der Waals surface area contributed by atoms with Crippen molar-refractivity contribution in [2.24, 2.45) is 0 Å². The van der Waals surface area contributed by atoms with E-state index in [4.69, 9.17) is 4.74 Å². The average Bonchev–Trinajstić information content (AvgIpc) is 2.93. The third-order valence-electron chi connectivity index (χ3n) is 4.46. The molecule has 0 aliphatic carbocycles. The molecular formula is C18H35NO2. The summed E-state index contributed by atoms with van der Waals surface area (Å²) in [5, 5.41) is 0. The Morgan fingerprint density at radius 2 is 1.62 bits per heavy atom. The van der Waals surface area contributed by atoms with E-state index in [1.807, 2.05) is 0 Å². The van der Waals surface area contributed by atoms with Crippen LogP contribution in [0.5, 0.6) is 0 Å². The van der Waals surface area contributed by atoms with Crippen molar-refractivity contribution >= 4 is 5.97 Å². The quantitative estimate of drug-likeness (QED) is 0.391. The molecule has 1 fully saturated rings. The molecule has 1 rings (SSSR count). The summed E-state index contributed by atoms with van der Waals surface area (Å²) in [4.78, 5) is 14.1. The van der Waals surface area contributed by atoms with Gasteiger partial charge in [-0.1, -0.05) is 65.2 Å². The number of likely N-dealkylation sites (tertiary alicyclic amines) is 1. The van der Waals surface area contributed by atoms with Crippen LogP contribution in [0.2, 0.25) is 0 Å². The van der Waals surface area contributed by atoms with Crippen molar-refractivity contribution in [2.75, 3.05) is 19.6 Å². The summed E-state index contributed by atoms with van der Waals surface area (Å²) >= 11 is 0. The molecule has 1 saturated heterocycles. The molecule has 1 aliphatic heterocycles. The monoisotopic (exact) mass is 297 g/mol. The normalized spacial score (nSPS) is 19.0. The second-order valence-corrected chi connectivity index (χ2v) is 6.37. The lowest BCUT2D eigenvalue weighted by molar-refractivity contribution is -0.148. The minimum atomic E-state index is 0.0147. The van der Waals surface area contributed by atoms with Crippen molar-refractivity contribution < 1.29 is 9.53 Å². The van der Waals surface area contributed by atoms with E-state index in [2.05, 4.69) is 18.7 Å². The third kappa shape index (κ3) is 9.13. The first-order valence-corrected chi connectivity index (χ1v) is 9.18. The smallest absolute Gasteiger partial charge is 0.306 e. The lowest BCUT2D eigenvalue weighted by Gasteiger charge is -2.13. The van der Waals surface area contributed by atoms with Crippen molar-refractivity contribution in [3.63, 3.8) is 0 Å². The van der Waals surface area contributed by atoms with Gasteiger partial charge in [-0.2, -0.15) is 0 Å². The second kappa shape index (κ2) is 12.0. The number of esters is 1. The highest BCUT2D eigenvalue weighted by atomic mass is 16.5. The summed E-state index contributed by atoms with van der Waals surface area (Å²) in [5.74, 6) is 0.0147. The van der Waals surface area contributed by atoms with Crippen molar-refractivity contribution in [2.45, 2.75) is 90.6 Å². The number of rotatable bonds is 12. The van der Waals surface area contributed by atoms with Gasteiger partial charge in [-0.15, -0.1) is 0 Å². The maximum Gasteiger partial charge on any atom is 0.306 e. The SMILES string of the molecule is CCCCCCCCCCCC(=O)OC1CCN(CC)C1. The molecule has 0 bridgehead atoms. The molecular weight excluding hydrogens is 262 g/mol. The highest BCUT2D eigenvalue weighted by Gasteiger charge is 2.23. The number of ether oxygens (including phenoxy) is 1. The molecule has 0 aromatic carbocycles. The Hall–Kier alpha value is -0.570. The zero-order valence-electron chi connectivity index (χ0n) is 14.2. The number of hydrogen-bond acceptors (Lipinski definition) is 3. The van der Waals surface area contributed by atoms with Crippen LogP contribution in [0.15, 0.2) is 0 Å². The van der Waals surface area contributed by atoms with Gasteiger partial charge in [-0.3, -0.25) is 9.69 Å². The molecule has 0 saturated carbocycles. The fraction of sp³-hybridized carbons (Fsp3) is 0.944. The van der Waals surface area contributed by atoms with E-state index in [1.54, 1.807) is 0 Å². The van der Waals surface area contributed by atoms with E-state index in [9.17, 15) is 4.79 Å². The zero-order valence-corrected chi connectivity index (χ0v) is 14.2. The summed E-state index contributed by atoms with van der Waals surface area (Å²) in [7, 11) is 0. The Morgan fingerprint density at radius 1 is 1.00 bits per heavy atom. The molecule has 1 aliphatic rings. The molecule has 124 valence electrons. The predicted octanol–water partition coefficient (Wildman–Crippen LogP) is 4.54. The Morgan fingerprint density at radius 3 is 2.19 bits per heavy atom. The summed E-state index contributed by atoms with van der Waals surface area (Å²) in [5.41, 5.74) is 0. The molecule has 0 aromatic rings. The number of hydrogen-bond donors (Lipinski definition) is 0. The Labute approximate surface area is 131 Å². The Balaban J connectivity index is 1.87. The lowest BCUT2D eigenvalue weighted by atomic mass is 10.1. The Bertz CT molecular complexity index is 268. The Kier molecular flexibility index (Phi) is 10.6. The van der Waals surface area contributed by atoms with Gasteiger partial charge in [-0.25, -0.2) is 0 Å². The van der Waals surface area contributed by atoms with Gasteiger partial charge in [0.1, 0.15) is 6.10 Å². The fourth-order valence-electron chi connectivity index (χ4n) is 3.01. The lowest BCUT2D eigenvalue weighted by Crippen LogP contribution is -2.24. The minimum Gasteiger partial charge on any atom is -0.461 e. The van der Waals surface area contributed by atoms with Crippen LogP contribution < -0.4 is 0 Å². The molecule has 0 aromatic heterocycles. The third-order valence-corrected chi connectivity index (χ3v) is 4.46. The summed E-state index contributed by atoms with van der Waals surface area (Å²) in [6.45, 7) is 7.48. The van der Waals surface area contributed by atoms with Gasteiger partial charge < -0.3 is 4.74 Å². The first kappa shape index (κ1) is 18.5. The van der Waals surface area contributed by atoms with E-state index in [-0.39, 0.29) is 12.1 Å². The summed E-state index contributed by atoms with van der Waals surface area (Å²) in [6.07, 6.45) is 13.4. The summed E-state index contributed by atoms with van der Waals surface area (Å²) < 4.78 is 5.53. The molecule has 0 N–H and O–H groups in total. The maximum absolute atomic E-state index is 11.8. The fourth-order valence-corrected chi connectivity index (χ4v) is 3.01. The van der Waals surface area contributed by atoms with Gasteiger partial charge in [0.15, 0.2) is 0 Å². The first-order chi connectivity index (χ1) is 10.3. The van der Waals surface area contributed by atoms with Gasteiger partial charge in [0.25, 0.3) is 0 Å². The average molecular weight is 297 g/mol. The molecule has 3 nitrogen and oxygen atoms in total. The highest BCUT2D eigenvalue weighted by molar-refractivity contribution is 5.69. The molecule has 21 heavy (non-hydrogen) atoms. The van der Waals surface area contributed by atoms with Crippen LogP contribution in [0, 0.1) is 0 Å². The largest absolute Gasteiger partial charge is 0.461 e. The summed E-state index contributed by atoms with van der Waals surface area (Å²) in [6, 6.07) is 0. The van der Waals surface area contributed by atoms with Crippen molar-refractivity contribution in [3.05, 3.63) is 0 Å². The molecule has 3 heteroatoms. The van der Waals surface area contributed by atoms with Crippen LogP contribution in [0.1, 0.15) is 84.5 Å². The topological polar surface area (TPSA) is 29.5 Å². The van der Waals surface area contributed by atoms with E-state index in [1.165, 1.54) is 51.4 Å². The van der Waals surface area contributed by atoms with Crippen molar-refractivity contribution in [3.8, 4) is 0 Å². The number of nitrogens with zero attached hydrogens (tertiary/aromatic N) is 1. The van der Waals surface area contributed by atoms with E-state index < -0.39 is 0 Å². The van der Waals surface area contributed by atoms with Crippen LogP contribution in [-0.4, -0.2) is 36.6 Å². The van der Waals surface area contributed by atoms with Gasteiger partial charge in [-0.05, 0) is 19.4 Å². The van der Waals surface area contributed by atoms with Gasteiger partial charge in [0, 0.05) is 19.5 Å². The van der Waals surface area contributed by atoms with Crippen LogP contribution >= 0.6 is 0 Å². The predicted molar refractivity (Wildman–Crippen MR) is 88.5 cm³/mol. The van der Waals surface area contributed by atoms with Crippen molar-refractivity contribution in [1.29, 1.82) is 0 Å². The molecule has 0 amide bonds. The van der Waals surface area contributed by atoms with Gasteiger partial charge in [0.05, 0.1) is 0 Å². The number of carbonyl (C=O) groups excluding carboxylic acids is 1. The number of carbonyl (C=O) groups is 1. The molecule has 0 spiro atoms. The van der Waals surface area contributed by atoms with Crippen LogP contribution in [0.4, 0.5) is 0 Å². The molecule has 1 unspecified atom stereocenters. The zero-order chi connectivity index (χ0) is 15.3. The maximum atomic E-state index is 11.8. The standard InChI is InChI=1S/C18H35NO2/c1-3-5-6-7-8-9-10-11-12-13-18(20)21-17-14-15-19(4-2)16-17/h17H,3-16H2,1-2H3. The molecule has 1 atom stereocenters. The number of likely N-dealkylation sites (N-methyl/N-ethyl adjacent to an activating group) is 1. The number of unbranched alkanes of at least 4 members (excludes halogenated alkanes) is 8. The van der Waals surface area contributed by atoms with Crippen LogP contribution in [-0.2, 0) is 9.53 Å². The van der Waals surface area contributed by atoms with Crippen LogP contribution in [0.3, 0.4) is 0 Å². The first-order valence-electron chi connectivity index (χ1n) is 9.18. The van der Waals surface area contributed by atoms with Crippen LogP contribution in [0.25, 0.3) is 0 Å². The highest BCUT2D eigenvalue weighted by Crippen LogP contribution is 2.14. The van der Waals surface area contributed by atoms with Gasteiger partial charge in [0.2, 0.25) is 0 Å². The molecule has 1 heterocycles. The van der Waals surface area contributed by atoms with E-state index >= 15 is 0 Å². The van der Waals surface area contributed by atoms with Gasteiger partial charge >= 0.3 is 5.97 Å². The van der Waals surface area contributed by atoms with E-state index in [0.29, 0.717) is 6.42 Å². The molecule has 0 radical (unpaired) electrons. The van der Waals surface area contributed by atoms with E-state index in [0.717, 1.165) is 32.5 Å². The minimum absolute atomic E-state index is 0.0147. The second-order valence-electron chi connectivity index (χ2n) is 6.37. The van der Waals surface area contributed by atoms with Crippen molar-refractivity contribution in [1.82, 2.24) is 4.90 Å².